The van der Waals surface area contributed by atoms with Gasteiger partial charge in [-0.25, -0.2) is 4.57 Å². The minimum atomic E-state index is -4.98. The minimum absolute atomic E-state index is 0.635. The van der Waals surface area contributed by atoms with E-state index in [-0.39, 0.29) is 0 Å². The molecule has 1 amide bonds. The summed E-state index contributed by atoms with van der Waals surface area (Å²) in [5.41, 5.74) is 0. The Morgan fingerprint density at radius 1 is 0.872 bits per heavy atom. The molecule has 0 aromatic carbocycles. The summed E-state index contributed by atoms with van der Waals surface area (Å²) in [5, 5.41) is 100. The largest absolute Gasteiger partial charge is 0.472 e. The normalized spacial score (nSPS) is 39.4. The fourth-order valence-corrected chi connectivity index (χ4v) is 4.45. The molecule has 2 heterocycles. The first-order chi connectivity index (χ1) is 18.1. The number of amides is 1. The van der Waals surface area contributed by atoms with Crippen LogP contribution in [-0.4, -0.2) is 168 Å². The molecule has 19 nitrogen and oxygen atoms in total. The van der Waals surface area contributed by atoms with Crippen LogP contribution in [0.25, 0.3) is 0 Å². The molecule has 12 N–H and O–H groups in total. The number of hydrogen-bond acceptors (Lipinski definition) is 17. The predicted octanol–water partition coefficient (Wildman–Crippen LogP) is -7.04. The van der Waals surface area contributed by atoms with E-state index in [0.29, 0.717) is 0 Å². The molecule has 0 saturated carbocycles. The van der Waals surface area contributed by atoms with E-state index in [1.807, 2.05) is 0 Å². The second kappa shape index (κ2) is 14.8. The lowest BCUT2D eigenvalue weighted by Crippen LogP contribution is -2.64. The van der Waals surface area contributed by atoms with E-state index in [2.05, 4.69) is 14.4 Å². The van der Waals surface area contributed by atoms with Gasteiger partial charge in [-0.2, -0.15) is 0 Å². The van der Waals surface area contributed by atoms with Gasteiger partial charge in [0, 0.05) is 6.92 Å². The molecule has 1 unspecified atom stereocenters. The van der Waals surface area contributed by atoms with Crippen molar-refractivity contribution in [2.75, 3.05) is 26.4 Å². The van der Waals surface area contributed by atoms with Gasteiger partial charge < -0.3 is 75.5 Å². The molecule has 0 aromatic heterocycles. The van der Waals surface area contributed by atoms with Crippen LogP contribution in [0.1, 0.15) is 6.92 Å². The van der Waals surface area contributed by atoms with E-state index in [0.717, 1.165) is 6.92 Å². The summed E-state index contributed by atoms with van der Waals surface area (Å²) >= 11 is 0. The summed E-state index contributed by atoms with van der Waals surface area (Å²) in [6, 6.07) is -1.34. The molecule has 0 aliphatic carbocycles. The molecule has 2 saturated heterocycles. The van der Waals surface area contributed by atoms with Crippen molar-refractivity contribution in [3.63, 3.8) is 0 Å². The van der Waals surface area contributed by atoms with Gasteiger partial charge in [-0.1, -0.05) is 0 Å². The summed E-state index contributed by atoms with van der Waals surface area (Å²) in [6.07, 6.45) is -21.0. The topological polar surface area (TPSA) is 315 Å². The number of aliphatic hydroxyl groups is 10. The first-order valence-corrected chi connectivity index (χ1v) is 13.1. The van der Waals surface area contributed by atoms with Gasteiger partial charge in [-0.3, -0.25) is 13.8 Å². The van der Waals surface area contributed by atoms with Crippen molar-refractivity contribution < 1.29 is 88.6 Å². The highest BCUT2D eigenvalue weighted by molar-refractivity contribution is 7.47. The average Bonchev–Trinajstić information content (AvgIpc) is 2.88. The summed E-state index contributed by atoms with van der Waals surface area (Å²) < 4.78 is 36.5. The first-order valence-electron chi connectivity index (χ1n) is 11.6. The molecule has 39 heavy (non-hydrogen) atoms. The molecule has 0 spiro atoms. The number of rotatable bonds is 13. The molecule has 0 bridgehead atoms. The number of phosphoric ester groups is 1. The molecule has 2 aliphatic rings. The fraction of sp³-hybridized carbons (Fsp3) is 0.947. The zero-order chi connectivity index (χ0) is 29.7. The van der Waals surface area contributed by atoms with Crippen LogP contribution in [0.3, 0.4) is 0 Å². The van der Waals surface area contributed by atoms with E-state index < -0.39 is 120 Å². The maximum absolute atomic E-state index is 12.1. The maximum atomic E-state index is 12.1. The van der Waals surface area contributed by atoms with Crippen LogP contribution in [0.2, 0.25) is 0 Å². The number of hydrogen-bond donors (Lipinski definition) is 12. The summed E-state index contributed by atoms with van der Waals surface area (Å²) in [7, 11) is -4.98. The molecule has 2 fully saturated rings. The molecule has 0 radical (unpaired) electrons. The fourth-order valence-electron chi connectivity index (χ4n) is 3.70. The van der Waals surface area contributed by atoms with Gasteiger partial charge in [0.1, 0.15) is 67.1 Å². The Hall–Kier alpha value is -0.940. The number of carbonyl (C=O) groups excluding carboxylic acids is 1. The van der Waals surface area contributed by atoms with Crippen LogP contribution in [0.15, 0.2) is 0 Å². The predicted molar refractivity (Wildman–Crippen MR) is 120 cm³/mol. The van der Waals surface area contributed by atoms with Gasteiger partial charge in [-0.15, -0.1) is 0 Å². The molecular weight excluding hydrogens is 561 g/mol. The van der Waals surface area contributed by atoms with Crippen molar-refractivity contribution in [3.05, 3.63) is 0 Å². The van der Waals surface area contributed by atoms with Crippen LogP contribution < -0.4 is 5.32 Å². The van der Waals surface area contributed by atoms with Gasteiger partial charge in [-0.05, 0) is 0 Å². The van der Waals surface area contributed by atoms with Crippen LogP contribution in [-0.2, 0) is 32.6 Å². The summed E-state index contributed by atoms with van der Waals surface area (Å²) in [5.74, 6) is -0.635. The number of nitrogens with one attached hydrogen (secondary N) is 1. The lowest BCUT2D eigenvalue weighted by molar-refractivity contribution is -0.285. The average molecular weight is 597 g/mol. The lowest BCUT2D eigenvalue weighted by atomic mass is 9.97. The van der Waals surface area contributed by atoms with E-state index in [4.69, 9.17) is 14.2 Å². The highest BCUT2D eigenvalue weighted by atomic mass is 31.2. The minimum Gasteiger partial charge on any atom is -0.394 e. The lowest BCUT2D eigenvalue weighted by Gasteiger charge is -2.42. The van der Waals surface area contributed by atoms with Gasteiger partial charge in [0.15, 0.2) is 12.6 Å². The summed E-state index contributed by atoms with van der Waals surface area (Å²) in [4.78, 5) is 21.2. The number of aliphatic hydroxyl groups excluding tert-OH is 10. The molecule has 14 atom stereocenters. The van der Waals surface area contributed by atoms with Crippen LogP contribution in [0, 0.1) is 0 Å². The Morgan fingerprint density at radius 2 is 1.46 bits per heavy atom. The smallest absolute Gasteiger partial charge is 0.394 e. The van der Waals surface area contributed by atoms with Gasteiger partial charge >= 0.3 is 7.82 Å². The van der Waals surface area contributed by atoms with Crippen molar-refractivity contribution >= 4 is 13.7 Å². The van der Waals surface area contributed by atoms with E-state index in [9.17, 15) is 65.3 Å². The molecule has 20 heteroatoms. The van der Waals surface area contributed by atoms with E-state index in [1.54, 1.807) is 0 Å². The third kappa shape index (κ3) is 9.28. The van der Waals surface area contributed by atoms with Crippen LogP contribution >= 0.6 is 7.82 Å². The second-order valence-electron chi connectivity index (χ2n) is 8.99. The maximum Gasteiger partial charge on any atom is 0.472 e. The molecule has 0 aromatic rings. The van der Waals surface area contributed by atoms with Crippen molar-refractivity contribution in [1.29, 1.82) is 0 Å². The van der Waals surface area contributed by atoms with Crippen LogP contribution in [0.4, 0.5) is 0 Å². The zero-order valence-electron chi connectivity index (χ0n) is 20.6. The van der Waals surface area contributed by atoms with Gasteiger partial charge in [0.2, 0.25) is 5.91 Å². The quantitative estimate of drug-likeness (QED) is 0.0877. The number of phosphoric acid groups is 1. The Labute approximate surface area is 221 Å². The van der Waals surface area contributed by atoms with Crippen molar-refractivity contribution in [2.45, 2.75) is 86.6 Å². The molecule has 2 aliphatic heterocycles. The second-order valence-corrected chi connectivity index (χ2v) is 10.4. The van der Waals surface area contributed by atoms with Gasteiger partial charge in [0.25, 0.3) is 0 Å². The highest BCUT2D eigenvalue weighted by Crippen LogP contribution is 2.44. The molecule has 2 rings (SSSR count). The summed E-state index contributed by atoms with van der Waals surface area (Å²) in [6.45, 7) is -2.40. The van der Waals surface area contributed by atoms with Crippen molar-refractivity contribution in [2.24, 2.45) is 0 Å². The Bertz CT molecular complexity index is 823. The molecular formula is C19H36NO18P. The van der Waals surface area contributed by atoms with Crippen molar-refractivity contribution in [3.8, 4) is 0 Å². The first kappa shape index (κ1) is 34.3. The monoisotopic (exact) mass is 597 g/mol. The Balaban J connectivity index is 1.85. The SMILES string of the molecule is CC(=O)N[C@H]1[C@H](OC[C@H](O)[C@H](O)[C@H](O)COP(=O)(O)OC[C@H]2O[C@@H](O)[C@H](O)[C@@H](O)[C@@H]2O)O[C@H](CO)[C@H](O)[C@@H]1O. The van der Waals surface area contributed by atoms with E-state index in [1.165, 1.54) is 0 Å². The number of carbonyl (C=O) groups is 1. The van der Waals surface area contributed by atoms with Crippen LogP contribution in [0.5, 0.6) is 0 Å². The Morgan fingerprint density at radius 3 is 2.05 bits per heavy atom. The third-order valence-corrected chi connectivity index (χ3v) is 6.92. The number of ether oxygens (including phenoxy) is 3. The van der Waals surface area contributed by atoms with Crippen molar-refractivity contribution in [1.82, 2.24) is 5.32 Å². The Kier molecular flexibility index (Phi) is 13.0. The van der Waals surface area contributed by atoms with E-state index >= 15 is 0 Å². The zero-order valence-corrected chi connectivity index (χ0v) is 21.5. The highest BCUT2D eigenvalue weighted by Gasteiger charge is 2.46. The molecule has 230 valence electrons. The standard InChI is InChI=1S/C19H36NO18P/c1-6(22)20-11-15(28)13(26)9(2-21)38-19(11)34-3-7(23)12(25)8(24)4-35-39(32,33)36-5-10-14(27)16(29)17(30)18(31)37-10/h7-19,21,23-31H,2-5H2,1H3,(H,20,22)(H,32,33)/t7-,8+,9+,10+,11+,12-,13-,14+,15+,16-,17+,18+,19+/m0/s1. The third-order valence-electron chi connectivity index (χ3n) is 5.97. The van der Waals surface area contributed by atoms with Gasteiger partial charge in [0.05, 0.1) is 26.4 Å².